The summed E-state index contributed by atoms with van der Waals surface area (Å²) in [5.74, 6) is 2.01. The third kappa shape index (κ3) is 4.45. The van der Waals surface area contributed by atoms with E-state index in [0.717, 1.165) is 30.1 Å². The van der Waals surface area contributed by atoms with E-state index in [2.05, 4.69) is 41.3 Å². The van der Waals surface area contributed by atoms with Gasteiger partial charge in [-0.1, -0.05) is 26.0 Å². The van der Waals surface area contributed by atoms with Gasteiger partial charge >= 0.3 is 0 Å². The highest BCUT2D eigenvalue weighted by Crippen LogP contribution is 2.15. The van der Waals surface area contributed by atoms with E-state index in [1.165, 1.54) is 5.56 Å². The lowest BCUT2D eigenvalue weighted by molar-refractivity contribution is 0.414. The highest BCUT2D eigenvalue weighted by molar-refractivity contribution is 5.31. The largest absolute Gasteiger partial charge is 0.497 e. The predicted molar refractivity (Wildman–Crippen MR) is 86.0 cm³/mol. The first-order valence-electron chi connectivity index (χ1n) is 7.31. The van der Waals surface area contributed by atoms with E-state index >= 15 is 0 Å². The van der Waals surface area contributed by atoms with Crippen LogP contribution in [0.2, 0.25) is 0 Å². The first-order chi connectivity index (χ1) is 10.1. The molecule has 0 aliphatic carbocycles. The van der Waals surface area contributed by atoms with Crippen molar-refractivity contribution >= 4 is 5.95 Å². The lowest BCUT2D eigenvalue weighted by Crippen LogP contribution is -2.10. The molecule has 0 spiro atoms. The molecule has 0 atom stereocenters. The fraction of sp³-hybridized carbons (Fsp3) is 0.412. The molecule has 1 aromatic carbocycles. The Labute approximate surface area is 126 Å². The van der Waals surface area contributed by atoms with E-state index in [1.807, 2.05) is 25.1 Å². The van der Waals surface area contributed by atoms with Crippen molar-refractivity contribution in [2.24, 2.45) is 0 Å². The summed E-state index contributed by atoms with van der Waals surface area (Å²) in [5, 5.41) is 3.30. The maximum absolute atomic E-state index is 5.23. The number of anilines is 1. The number of benzene rings is 1. The Hall–Kier alpha value is -2.10. The first kappa shape index (κ1) is 15.3. The topological polar surface area (TPSA) is 47.0 Å². The van der Waals surface area contributed by atoms with Gasteiger partial charge in [-0.3, -0.25) is 0 Å². The summed E-state index contributed by atoms with van der Waals surface area (Å²) in [6.07, 6.45) is 0.908. The summed E-state index contributed by atoms with van der Waals surface area (Å²) < 4.78 is 5.23. The van der Waals surface area contributed by atoms with Gasteiger partial charge in [-0.2, -0.15) is 0 Å². The number of nitrogens with one attached hydrogen (secondary N) is 1. The van der Waals surface area contributed by atoms with Gasteiger partial charge in [0.2, 0.25) is 5.95 Å². The molecule has 21 heavy (non-hydrogen) atoms. The van der Waals surface area contributed by atoms with Crippen molar-refractivity contribution in [2.75, 3.05) is 19.0 Å². The van der Waals surface area contributed by atoms with Crippen LogP contribution in [0.5, 0.6) is 5.75 Å². The second-order valence-electron chi connectivity index (χ2n) is 5.44. The van der Waals surface area contributed by atoms with E-state index < -0.39 is 0 Å². The van der Waals surface area contributed by atoms with Crippen LogP contribution < -0.4 is 10.1 Å². The number of aryl methyl sites for hydroxylation is 1. The maximum Gasteiger partial charge on any atom is 0.223 e. The van der Waals surface area contributed by atoms with Gasteiger partial charge in [0.25, 0.3) is 0 Å². The third-order valence-corrected chi connectivity index (χ3v) is 3.30. The smallest absolute Gasteiger partial charge is 0.223 e. The monoisotopic (exact) mass is 285 g/mol. The van der Waals surface area contributed by atoms with Crippen LogP contribution in [0.4, 0.5) is 5.95 Å². The minimum Gasteiger partial charge on any atom is -0.497 e. The van der Waals surface area contributed by atoms with E-state index in [1.54, 1.807) is 7.11 Å². The van der Waals surface area contributed by atoms with Crippen molar-refractivity contribution in [1.29, 1.82) is 0 Å². The molecule has 2 aromatic rings. The van der Waals surface area contributed by atoms with Gasteiger partial charge in [0.15, 0.2) is 0 Å². The van der Waals surface area contributed by atoms with Crippen molar-refractivity contribution in [2.45, 2.75) is 33.1 Å². The molecule has 0 fully saturated rings. The molecule has 4 heteroatoms. The van der Waals surface area contributed by atoms with Crippen molar-refractivity contribution in [1.82, 2.24) is 9.97 Å². The van der Waals surface area contributed by atoms with Crippen molar-refractivity contribution in [3.63, 3.8) is 0 Å². The van der Waals surface area contributed by atoms with Gasteiger partial charge < -0.3 is 10.1 Å². The number of ether oxygens (including phenoxy) is 1. The summed E-state index contributed by atoms with van der Waals surface area (Å²) in [4.78, 5) is 8.99. The molecular formula is C17H23N3O. The standard InChI is InChI=1S/C17H23N3O/c1-12(2)16-10-13(3)19-17(20-16)18-9-8-14-6-5-7-15(11-14)21-4/h5-7,10-12H,8-9H2,1-4H3,(H,18,19,20). The normalized spacial score (nSPS) is 10.7. The van der Waals surface area contributed by atoms with Crippen LogP contribution in [0.3, 0.4) is 0 Å². The molecule has 0 amide bonds. The lowest BCUT2D eigenvalue weighted by Gasteiger charge is -2.10. The van der Waals surface area contributed by atoms with E-state index in [9.17, 15) is 0 Å². The zero-order chi connectivity index (χ0) is 15.2. The second kappa shape index (κ2) is 7.07. The Balaban J connectivity index is 1.96. The molecule has 0 radical (unpaired) electrons. The Morgan fingerprint density at radius 2 is 2.00 bits per heavy atom. The van der Waals surface area contributed by atoms with Crippen LogP contribution in [-0.4, -0.2) is 23.6 Å². The average molecular weight is 285 g/mol. The zero-order valence-corrected chi connectivity index (χ0v) is 13.2. The fourth-order valence-electron chi connectivity index (χ4n) is 2.11. The minimum absolute atomic E-state index is 0.408. The first-order valence-corrected chi connectivity index (χ1v) is 7.31. The van der Waals surface area contributed by atoms with Crippen molar-refractivity contribution in [3.8, 4) is 5.75 Å². The molecular weight excluding hydrogens is 262 g/mol. The molecule has 0 saturated carbocycles. The predicted octanol–water partition coefficient (Wildman–Crippen LogP) is 3.57. The Kier molecular flexibility index (Phi) is 5.14. The second-order valence-corrected chi connectivity index (χ2v) is 5.44. The average Bonchev–Trinajstić information content (AvgIpc) is 2.47. The zero-order valence-electron chi connectivity index (χ0n) is 13.2. The van der Waals surface area contributed by atoms with Gasteiger partial charge in [-0.15, -0.1) is 0 Å². The van der Waals surface area contributed by atoms with Gasteiger partial charge in [0.05, 0.1) is 7.11 Å². The SMILES string of the molecule is COc1cccc(CCNc2nc(C)cc(C(C)C)n2)c1. The van der Waals surface area contributed by atoms with Crippen LogP contribution in [0, 0.1) is 6.92 Å². The summed E-state index contributed by atoms with van der Waals surface area (Å²) in [6, 6.07) is 10.2. The minimum atomic E-state index is 0.408. The molecule has 0 unspecified atom stereocenters. The Morgan fingerprint density at radius 3 is 2.71 bits per heavy atom. The lowest BCUT2D eigenvalue weighted by atomic mass is 10.1. The highest BCUT2D eigenvalue weighted by Gasteiger charge is 2.05. The molecule has 0 aliphatic heterocycles. The van der Waals surface area contributed by atoms with Crippen molar-refractivity contribution < 1.29 is 4.74 Å². The van der Waals surface area contributed by atoms with Crippen LogP contribution in [-0.2, 0) is 6.42 Å². The quantitative estimate of drug-likeness (QED) is 0.881. The molecule has 0 aliphatic rings. The number of aromatic nitrogens is 2. The third-order valence-electron chi connectivity index (χ3n) is 3.30. The summed E-state index contributed by atoms with van der Waals surface area (Å²) in [6.45, 7) is 7.08. The molecule has 1 aromatic heterocycles. The number of nitrogens with zero attached hydrogens (tertiary/aromatic N) is 2. The van der Waals surface area contributed by atoms with Gasteiger partial charge in [-0.25, -0.2) is 9.97 Å². The molecule has 1 heterocycles. The van der Waals surface area contributed by atoms with Crippen LogP contribution in [0.1, 0.15) is 36.7 Å². The molecule has 112 valence electrons. The molecule has 4 nitrogen and oxygen atoms in total. The van der Waals surface area contributed by atoms with E-state index in [-0.39, 0.29) is 0 Å². The number of methoxy groups -OCH3 is 1. The highest BCUT2D eigenvalue weighted by atomic mass is 16.5. The van der Waals surface area contributed by atoms with Crippen LogP contribution in [0.25, 0.3) is 0 Å². The summed E-state index contributed by atoms with van der Waals surface area (Å²) in [7, 11) is 1.69. The number of rotatable bonds is 6. The van der Waals surface area contributed by atoms with Crippen LogP contribution >= 0.6 is 0 Å². The Bertz CT molecular complexity index is 596. The van der Waals surface area contributed by atoms with E-state index in [4.69, 9.17) is 4.74 Å². The molecule has 0 saturated heterocycles. The van der Waals surface area contributed by atoms with Gasteiger partial charge in [0.1, 0.15) is 5.75 Å². The van der Waals surface area contributed by atoms with E-state index in [0.29, 0.717) is 11.9 Å². The van der Waals surface area contributed by atoms with Crippen LogP contribution in [0.15, 0.2) is 30.3 Å². The van der Waals surface area contributed by atoms with Gasteiger partial charge in [-0.05, 0) is 43.0 Å². The van der Waals surface area contributed by atoms with Gasteiger partial charge in [0, 0.05) is 17.9 Å². The fourth-order valence-corrected chi connectivity index (χ4v) is 2.11. The summed E-state index contributed by atoms with van der Waals surface area (Å²) in [5.41, 5.74) is 3.31. The molecule has 2 rings (SSSR count). The van der Waals surface area contributed by atoms with Crippen molar-refractivity contribution in [3.05, 3.63) is 47.3 Å². The number of hydrogen-bond acceptors (Lipinski definition) is 4. The maximum atomic E-state index is 5.23. The molecule has 1 N–H and O–H groups in total. The summed E-state index contributed by atoms with van der Waals surface area (Å²) >= 11 is 0. The number of hydrogen-bond donors (Lipinski definition) is 1. The molecule has 0 bridgehead atoms. The Morgan fingerprint density at radius 1 is 1.19 bits per heavy atom.